The zero-order valence-electron chi connectivity index (χ0n) is 12.8. The summed E-state index contributed by atoms with van der Waals surface area (Å²) in [7, 11) is 0. The number of carbonyl (C=O) groups excluding carboxylic acids is 1. The van der Waals surface area contributed by atoms with Crippen LogP contribution in [0.15, 0.2) is 24.3 Å². The zero-order chi connectivity index (χ0) is 15.2. The fraction of sp³-hybridized carbons (Fsp3) is 0.562. The Morgan fingerprint density at radius 3 is 2.81 bits per heavy atom. The van der Waals surface area contributed by atoms with Crippen molar-refractivity contribution in [2.75, 3.05) is 38.5 Å². The summed E-state index contributed by atoms with van der Waals surface area (Å²) in [4.78, 5) is 14.4. The van der Waals surface area contributed by atoms with E-state index in [9.17, 15) is 4.79 Å². The average molecular weight is 291 g/mol. The molecule has 2 rings (SSSR count). The largest absolute Gasteiger partial charge is 0.399 e. The molecule has 1 saturated heterocycles. The number of hydrogen-bond acceptors (Lipinski definition) is 4. The molecule has 0 aliphatic carbocycles. The van der Waals surface area contributed by atoms with Gasteiger partial charge in [0.1, 0.15) is 0 Å². The van der Waals surface area contributed by atoms with Crippen molar-refractivity contribution in [1.82, 2.24) is 10.2 Å². The summed E-state index contributed by atoms with van der Waals surface area (Å²) >= 11 is 0. The molecular formula is C16H25N3O2. The van der Waals surface area contributed by atoms with Crippen LogP contribution in [0.1, 0.15) is 24.2 Å². The Morgan fingerprint density at radius 2 is 2.14 bits per heavy atom. The predicted octanol–water partition coefficient (Wildman–Crippen LogP) is 1.36. The summed E-state index contributed by atoms with van der Waals surface area (Å²) in [5, 5.41) is 2.93. The lowest BCUT2D eigenvalue weighted by molar-refractivity contribution is -0.0295. The third kappa shape index (κ3) is 5.02. The molecule has 1 atom stereocenters. The Hall–Kier alpha value is -1.59. The van der Waals surface area contributed by atoms with Crippen LogP contribution >= 0.6 is 0 Å². The van der Waals surface area contributed by atoms with E-state index in [4.69, 9.17) is 10.5 Å². The second-order valence-corrected chi connectivity index (χ2v) is 5.98. The smallest absolute Gasteiger partial charge is 0.251 e. The summed E-state index contributed by atoms with van der Waals surface area (Å²) in [6, 6.07) is 6.93. The third-order valence-corrected chi connectivity index (χ3v) is 3.51. The van der Waals surface area contributed by atoms with Crippen LogP contribution in [0, 0.1) is 5.92 Å². The van der Waals surface area contributed by atoms with Crippen molar-refractivity contribution in [2.45, 2.75) is 20.0 Å². The summed E-state index contributed by atoms with van der Waals surface area (Å²) in [5.74, 6) is 0.563. The number of benzene rings is 1. The fourth-order valence-corrected chi connectivity index (χ4v) is 2.53. The van der Waals surface area contributed by atoms with Crippen molar-refractivity contribution in [3.63, 3.8) is 0 Å². The Morgan fingerprint density at radius 1 is 1.43 bits per heavy atom. The molecule has 0 saturated carbocycles. The van der Waals surface area contributed by atoms with E-state index in [-0.39, 0.29) is 12.0 Å². The highest BCUT2D eigenvalue weighted by Crippen LogP contribution is 2.08. The topological polar surface area (TPSA) is 67.6 Å². The summed E-state index contributed by atoms with van der Waals surface area (Å²) < 4.78 is 5.72. The number of nitrogens with one attached hydrogen (secondary N) is 1. The lowest BCUT2D eigenvalue weighted by Gasteiger charge is -2.33. The van der Waals surface area contributed by atoms with Crippen LogP contribution in [0.2, 0.25) is 0 Å². The number of nitrogen functional groups attached to an aromatic ring is 1. The van der Waals surface area contributed by atoms with Crippen LogP contribution < -0.4 is 11.1 Å². The lowest BCUT2D eigenvalue weighted by atomic mass is 10.1. The van der Waals surface area contributed by atoms with Crippen molar-refractivity contribution in [3.8, 4) is 0 Å². The van der Waals surface area contributed by atoms with E-state index in [2.05, 4.69) is 24.1 Å². The van der Waals surface area contributed by atoms with Crippen LogP contribution in [0.4, 0.5) is 5.69 Å². The van der Waals surface area contributed by atoms with Gasteiger partial charge in [-0.05, 0) is 30.2 Å². The normalized spacial score (nSPS) is 19.7. The van der Waals surface area contributed by atoms with Crippen molar-refractivity contribution >= 4 is 11.6 Å². The summed E-state index contributed by atoms with van der Waals surface area (Å²) in [5.41, 5.74) is 6.90. The van der Waals surface area contributed by atoms with E-state index < -0.39 is 0 Å². The van der Waals surface area contributed by atoms with Gasteiger partial charge in [-0.15, -0.1) is 0 Å². The number of carbonyl (C=O) groups is 1. The molecule has 1 unspecified atom stereocenters. The molecule has 1 aliphatic rings. The average Bonchev–Trinajstić information content (AvgIpc) is 2.45. The van der Waals surface area contributed by atoms with Crippen LogP contribution in [0.5, 0.6) is 0 Å². The standard InChI is InChI=1S/C16H25N3O2/c1-12(2)10-19-7-8-21-15(11-19)9-18-16(20)13-3-5-14(17)6-4-13/h3-6,12,15H,7-11,17H2,1-2H3,(H,18,20). The number of hydrogen-bond donors (Lipinski definition) is 2. The minimum absolute atomic E-state index is 0.0650. The van der Waals surface area contributed by atoms with Gasteiger partial charge in [-0.1, -0.05) is 13.8 Å². The van der Waals surface area contributed by atoms with Crippen LogP contribution in [-0.2, 0) is 4.74 Å². The maximum absolute atomic E-state index is 12.0. The van der Waals surface area contributed by atoms with Gasteiger partial charge in [0.25, 0.3) is 5.91 Å². The van der Waals surface area contributed by atoms with Gasteiger partial charge in [-0.2, -0.15) is 0 Å². The molecule has 0 bridgehead atoms. The van der Waals surface area contributed by atoms with Gasteiger partial charge < -0.3 is 15.8 Å². The van der Waals surface area contributed by atoms with Crippen molar-refractivity contribution < 1.29 is 9.53 Å². The summed E-state index contributed by atoms with van der Waals surface area (Å²) in [6.45, 7) is 8.63. The minimum Gasteiger partial charge on any atom is -0.399 e. The van der Waals surface area contributed by atoms with Gasteiger partial charge >= 0.3 is 0 Å². The molecule has 0 spiro atoms. The first-order chi connectivity index (χ1) is 10.0. The second kappa shape index (κ2) is 7.43. The molecule has 1 fully saturated rings. The van der Waals surface area contributed by atoms with E-state index in [1.54, 1.807) is 24.3 Å². The number of rotatable bonds is 5. The number of nitrogens with two attached hydrogens (primary N) is 1. The van der Waals surface area contributed by atoms with Crippen molar-refractivity contribution in [2.24, 2.45) is 5.92 Å². The number of ether oxygens (including phenoxy) is 1. The molecule has 1 aromatic rings. The molecule has 5 nitrogen and oxygen atoms in total. The Bertz CT molecular complexity index is 459. The van der Waals surface area contributed by atoms with E-state index in [0.29, 0.717) is 23.7 Å². The highest BCUT2D eigenvalue weighted by molar-refractivity contribution is 5.94. The Labute approximate surface area is 126 Å². The monoisotopic (exact) mass is 291 g/mol. The van der Waals surface area contributed by atoms with Crippen molar-refractivity contribution in [3.05, 3.63) is 29.8 Å². The van der Waals surface area contributed by atoms with Gasteiger partial charge in [0.2, 0.25) is 0 Å². The molecule has 5 heteroatoms. The first kappa shape index (κ1) is 15.8. The van der Waals surface area contributed by atoms with Crippen molar-refractivity contribution in [1.29, 1.82) is 0 Å². The van der Waals surface area contributed by atoms with E-state index in [1.165, 1.54) is 0 Å². The third-order valence-electron chi connectivity index (χ3n) is 3.51. The van der Waals surface area contributed by atoms with Crippen LogP contribution in [-0.4, -0.2) is 49.7 Å². The van der Waals surface area contributed by atoms with Gasteiger partial charge in [0, 0.05) is 37.4 Å². The highest BCUT2D eigenvalue weighted by atomic mass is 16.5. The predicted molar refractivity (Wildman–Crippen MR) is 84.2 cm³/mol. The maximum Gasteiger partial charge on any atom is 0.251 e. The van der Waals surface area contributed by atoms with Gasteiger partial charge in [-0.25, -0.2) is 0 Å². The van der Waals surface area contributed by atoms with Gasteiger partial charge in [-0.3, -0.25) is 9.69 Å². The Balaban J connectivity index is 1.79. The minimum atomic E-state index is -0.0837. The van der Waals surface area contributed by atoms with Crippen LogP contribution in [0.25, 0.3) is 0 Å². The highest BCUT2D eigenvalue weighted by Gasteiger charge is 2.21. The molecule has 3 N–H and O–H groups in total. The van der Waals surface area contributed by atoms with Crippen LogP contribution in [0.3, 0.4) is 0 Å². The molecule has 116 valence electrons. The Kier molecular flexibility index (Phi) is 5.59. The van der Waals surface area contributed by atoms with Gasteiger partial charge in [0.05, 0.1) is 12.7 Å². The van der Waals surface area contributed by atoms with E-state index >= 15 is 0 Å². The lowest BCUT2D eigenvalue weighted by Crippen LogP contribution is -2.48. The zero-order valence-corrected chi connectivity index (χ0v) is 12.8. The van der Waals surface area contributed by atoms with Gasteiger partial charge in [0.15, 0.2) is 0 Å². The first-order valence-corrected chi connectivity index (χ1v) is 7.52. The number of anilines is 1. The molecule has 0 radical (unpaired) electrons. The molecule has 0 aromatic heterocycles. The molecule has 1 aromatic carbocycles. The molecule has 1 amide bonds. The summed E-state index contributed by atoms with van der Waals surface area (Å²) in [6.07, 6.45) is 0.0650. The molecule has 1 heterocycles. The number of morpholine rings is 1. The molecule has 1 aliphatic heterocycles. The molecule has 21 heavy (non-hydrogen) atoms. The van der Waals surface area contributed by atoms with E-state index in [0.717, 1.165) is 26.2 Å². The maximum atomic E-state index is 12.0. The number of amides is 1. The first-order valence-electron chi connectivity index (χ1n) is 7.52. The quantitative estimate of drug-likeness (QED) is 0.804. The fourth-order valence-electron chi connectivity index (χ4n) is 2.53. The number of nitrogens with zero attached hydrogens (tertiary/aromatic N) is 1. The molecular weight excluding hydrogens is 266 g/mol. The SMILES string of the molecule is CC(C)CN1CCOC(CNC(=O)c2ccc(N)cc2)C1. The van der Waals surface area contributed by atoms with E-state index in [1.807, 2.05) is 0 Å². The second-order valence-electron chi connectivity index (χ2n) is 5.98.